The molecule has 0 bridgehead atoms. The van der Waals surface area contributed by atoms with Gasteiger partial charge < -0.3 is 9.80 Å². The van der Waals surface area contributed by atoms with E-state index in [1.165, 1.54) is 5.56 Å². The second kappa shape index (κ2) is 6.89. The van der Waals surface area contributed by atoms with Crippen LogP contribution in [-0.4, -0.2) is 71.8 Å². The van der Waals surface area contributed by atoms with Crippen molar-refractivity contribution in [1.29, 1.82) is 0 Å². The zero-order valence-electron chi connectivity index (χ0n) is 14.6. The van der Waals surface area contributed by atoms with Crippen LogP contribution in [0.25, 0.3) is 0 Å². The van der Waals surface area contributed by atoms with Gasteiger partial charge in [-0.2, -0.15) is 0 Å². The summed E-state index contributed by atoms with van der Waals surface area (Å²) in [5.74, 6) is 0.178. The maximum atomic E-state index is 12.8. The monoisotopic (exact) mass is 330 g/mol. The maximum Gasteiger partial charge on any atom is 0.241 e. The number of likely N-dealkylation sites (tertiary alicyclic amines) is 2. The van der Waals surface area contributed by atoms with Crippen LogP contribution >= 0.6 is 0 Å². The molecule has 0 N–H and O–H groups in total. The normalized spacial score (nSPS) is 20.6. The second-order valence-corrected chi connectivity index (χ2v) is 7.18. The molecule has 3 rings (SSSR count). The molecule has 2 aliphatic heterocycles. The predicted octanol–water partition coefficient (Wildman–Crippen LogP) is 0.984. The molecule has 0 radical (unpaired) electrons. The summed E-state index contributed by atoms with van der Waals surface area (Å²) in [6.45, 7) is 3.71. The standard InChI is InChI=1S/C18H26N4O2/c1-20(2)16(23)14-22-12-7-18(17(22)24)5-10-21(11-6-18)13-15-3-8-19-9-4-15/h3-4,8-9H,5-7,10-14H2,1-2H3. The topological polar surface area (TPSA) is 56.8 Å². The van der Waals surface area contributed by atoms with Crippen LogP contribution in [0, 0.1) is 5.41 Å². The van der Waals surface area contributed by atoms with Crippen molar-refractivity contribution in [2.24, 2.45) is 5.41 Å². The third-order valence-corrected chi connectivity index (χ3v) is 5.39. The van der Waals surface area contributed by atoms with Gasteiger partial charge >= 0.3 is 0 Å². The van der Waals surface area contributed by atoms with Crippen LogP contribution in [-0.2, 0) is 16.1 Å². The fourth-order valence-corrected chi connectivity index (χ4v) is 3.70. The van der Waals surface area contributed by atoms with Crippen LogP contribution in [0.1, 0.15) is 24.8 Å². The summed E-state index contributed by atoms with van der Waals surface area (Å²) in [6, 6.07) is 4.08. The lowest BCUT2D eigenvalue weighted by Gasteiger charge is -2.38. The van der Waals surface area contributed by atoms with Crippen molar-refractivity contribution < 1.29 is 9.59 Å². The molecule has 1 aromatic heterocycles. The number of rotatable bonds is 4. The van der Waals surface area contributed by atoms with E-state index in [4.69, 9.17) is 0 Å². The van der Waals surface area contributed by atoms with E-state index in [-0.39, 0.29) is 23.8 Å². The summed E-state index contributed by atoms with van der Waals surface area (Å²) in [6.07, 6.45) is 6.31. The number of amides is 2. The Morgan fingerprint density at radius 1 is 1.17 bits per heavy atom. The molecule has 0 atom stereocenters. The molecule has 2 saturated heterocycles. The molecule has 0 aromatic carbocycles. The Bertz CT molecular complexity index is 594. The van der Waals surface area contributed by atoms with Crippen LogP contribution in [0.2, 0.25) is 0 Å². The molecule has 6 heteroatoms. The smallest absolute Gasteiger partial charge is 0.241 e. The minimum absolute atomic E-state index is 0.00415. The Morgan fingerprint density at radius 2 is 1.79 bits per heavy atom. The number of carbonyl (C=O) groups is 2. The van der Waals surface area contributed by atoms with E-state index >= 15 is 0 Å². The van der Waals surface area contributed by atoms with E-state index in [2.05, 4.69) is 9.88 Å². The summed E-state index contributed by atoms with van der Waals surface area (Å²) in [4.78, 5) is 34.5. The number of aromatic nitrogens is 1. The van der Waals surface area contributed by atoms with E-state index in [0.29, 0.717) is 6.54 Å². The zero-order valence-corrected chi connectivity index (χ0v) is 14.6. The van der Waals surface area contributed by atoms with Crippen molar-refractivity contribution in [1.82, 2.24) is 19.7 Å². The summed E-state index contributed by atoms with van der Waals surface area (Å²) in [5.41, 5.74) is 1.03. The molecule has 1 spiro atoms. The van der Waals surface area contributed by atoms with Gasteiger partial charge in [-0.15, -0.1) is 0 Å². The highest BCUT2D eigenvalue weighted by atomic mass is 16.2. The van der Waals surface area contributed by atoms with E-state index in [9.17, 15) is 9.59 Å². The van der Waals surface area contributed by atoms with Crippen molar-refractivity contribution in [3.63, 3.8) is 0 Å². The van der Waals surface area contributed by atoms with Crippen molar-refractivity contribution in [2.75, 3.05) is 40.3 Å². The van der Waals surface area contributed by atoms with Crippen molar-refractivity contribution in [2.45, 2.75) is 25.8 Å². The van der Waals surface area contributed by atoms with Gasteiger partial charge in [0.15, 0.2) is 0 Å². The number of hydrogen-bond donors (Lipinski definition) is 0. The predicted molar refractivity (Wildman–Crippen MR) is 91.1 cm³/mol. The van der Waals surface area contributed by atoms with Crippen LogP contribution in [0.3, 0.4) is 0 Å². The minimum atomic E-state index is -0.235. The molecular weight excluding hydrogens is 304 g/mol. The van der Waals surface area contributed by atoms with Gasteiger partial charge in [-0.05, 0) is 50.0 Å². The van der Waals surface area contributed by atoms with Crippen molar-refractivity contribution >= 4 is 11.8 Å². The maximum absolute atomic E-state index is 12.8. The van der Waals surface area contributed by atoms with Gasteiger partial charge in [0.1, 0.15) is 0 Å². The first-order chi connectivity index (χ1) is 11.5. The Hall–Kier alpha value is -1.95. The van der Waals surface area contributed by atoms with Gasteiger partial charge in [-0.25, -0.2) is 0 Å². The van der Waals surface area contributed by atoms with Gasteiger partial charge in [-0.3, -0.25) is 19.5 Å². The minimum Gasteiger partial charge on any atom is -0.347 e. The van der Waals surface area contributed by atoms with E-state index in [1.807, 2.05) is 24.5 Å². The number of carbonyl (C=O) groups excluding carboxylic acids is 2. The first kappa shape index (κ1) is 16.9. The molecule has 0 saturated carbocycles. The molecule has 1 aromatic rings. The second-order valence-electron chi connectivity index (χ2n) is 7.18. The number of nitrogens with zero attached hydrogens (tertiary/aromatic N) is 4. The van der Waals surface area contributed by atoms with E-state index in [0.717, 1.165) is 38.9 Å². The Balaban J connectivity index is 1.55. The molecule has 2 amide bonds. The summed E-state index contributed by atoms with van der Waals surface area (Å²) >= 11 is 0. The summed E-state index contributed by atoms with van der Waals surface area (Å²) in [5, 5.41) is 0. The molecule has 24 heavy (non-hydrogen) atoms. The largest absolute Gasteiger partial charge is 0.347 e. The Labute approximate surface area is 143 Å². The van der Waals surface area contributed by atoms with E-state index in [1.54, 1.807) is 23.9 Å². The number of piperidine rings is 1. The third kappa shape index (κ3) is 3.43. The van der Waals surface area contributed by atoms with Gasteiger partial charge in [0.2, 0.25) is 11.8 Å². The number of likely N-dealkylation sites (N-methyl/N-ethyl adjacent to an activating group) is 1. The molecular formula is C18H26N4O2. The average molecular weight is 330 g/mol. The van der Waals surface area contributed by atoms with Crippen LogP contribution < -0.4 is 0 Å². The van der Waals surface area contributed by atoms with Crippen molar-refractivity contribution in [3.8, 4) is 0 Å². The number of pyridine rings is 1. The Kier molecular flexibility index (Phi) is 4.85. The molecule has 3 heterocycles. The molecule has 2 aliphatic rings. The van der Waals surface area contributed by atoms with Crippen LogP contribution in [0.5, 0.6) is 0 Å². The number of hydrogen-bond acceptors (Lipinski definition) is 4. The highest BCUT2D eigenvalue weighted by Gasteiger charge is 2.48. The average Bonchev–Trinajstić information content (AvgIpc) is 2.87. The lowest BCUT2D eigenvalue weighted by molar-refractivity contribution is -0.143. The fourth-order valence-electron chi connectivity index (χ4n) is 3.70. The molecule has 0 unspecified atom stereocenters. The van der Waals surface area contributed by atoms with Gasteiger partial charge in [0.05, 0.1) is 12.0 Å². The van der Waals surface area contributed by atoms with Gasteiger partial charge in [0.25, 0.3) is 0 Å². The van der Waals surface area contributed by atoms with Crippen LogP contribution in [0.15, 0.2) is 24.5 Å². The molecule has 130 valence electrons. The lowest BCUT2D eigenvalue weighted by Crippen LogP contribution is -2.46. The highest BCUT2D eigenvalue weighted by molar-refractivity contribution is 5.89. The summed E-state index contributed by atoms with van der Waals surface area (Å²) in [7, 11) is 3.46. The first-order valence-electron chi connectivity index (χ1n) is 8.61. The Morgan fingerprint density at radius 3 is 2.42 bits per heavy atom. The molecule has 2 fully saturated rings. The lowest BCUT2D eigenvalue weighted by atomic mass is 9.77. The molecule has 6 nitrogen and oxygen atoms in total. The van der Waals surface area contributed by atoms with Crippen LogP contribution in [0.4, 0.5) is 0 Å². The van der Waals surface area contributed by atoms with Crippen molar-refractivity contribution in [3.05, 3.63) is 30.1 Å². The van der Waals surface area contributed by atoms with E-state index < -0.39 is 0 Å². The zero-order chi connectivity index (χ0) is 17.2. The van der Waals surface area contributed by atoms with Gasteiger partial charge in [0, 0.05) is 39.6 Å². The quantitative estimate of drug-likeness (QED) is 0.826. The first-order valence-corrected chi connectivity index (χ1v) is 8.61. The summed E-state index contributed by atoms with van der Waals surface area (Å²) < 4.78 is 0. The third-order valence-electron chi connectivity index (χ3n) is 5.39. The van der Waals surface area contributed by atoms with Gasteiger partial charge in [-0.1, -0.05) is 0 Å². The highest BCUT2D eigenvalue weighted by Crippen LogP contribution is 2.41. The fraction of sp³-hybridized carbons (Fsp3) is 0.611. The SMILES string of the molecule is CN(C)C(=O)CN1CCC2(CCN(Cc3ccncc3)CC2)C1=O. The molecule has 0 aliphatic carbocycles.